The first-order chi connectivity index (χ1) is 5.76. The van der Waals surface area contributed by atoms with Gasteiger partial charge in [-0.15, -0.1) is 0 Å². The van der Waals surface area contributed by atoms with Crippen LogP contribution in [0.25, 0.3) is 0 Å². The van der Waals surface area contributed by atoms with E-state index in [0.29, 0.717) is 13.1 Å². The second kappa shape index (κ2) is 4.41. The highest BCUT2D eigenvalue weighted by molar-refractivity contribution is 4.82. The third-order valence-electron chi connectivity index (χ3n) is 1.90. The van der Waals surface area contributed by atoms with Crippen LogP contribution in [0.3, 0.4) is 0 Å². The molecule has 1 aliphatic rings. The maximum atomic E-state index is 8.86. The van der Waals surface area contributed by atoms with Gasteiger partial charge in [0.15, 0.2) is 0 Å². The topological polar surface area (TPSA) is 56.5 Å². The number of aliphatic hydroxyl groups excluding tert-OH is 1. The van der Waals surface area contributed by atoms with Crippen molar-refractivity contribution in [2.45, 2.75) is 19.1 Å². The fourth-order valence-electron chi connectivity index (χ4n) is 1.47. The molecule has 1 aliphatic heterocycles. The molecule has 0 radical (unpaired) electrons. The van der Waals surface area contributed by atoms with Crippen LogP contribution in [0.15, 0.2) is 0 Å². The van der Waals surface area contributed by atoms with Crippen molar-refractivity contribution in [2.24, 2.45) is 0 Å². The zero-order chi connectivity index (χ0) is 8.97. The quantitative estimate of drug-likeness (QED) is 0.572. The van der Waals surface area contributed by atoms with Gasteiger partial charge in [-0.3, -0.25) is 4.90 Å². The van der Waals surface area contributed by atoms with Gasteiger partial charge < -0.3 is 9.84 Å². The van der Waals surface area contributed by atoms with Gasteiger partial charge in [0.1, 0.15) is 0 Å². The van der Waals surface area contributed by atoms with Gasteiger partial charge in [-0.05, 0) is 6.92 Å². The summed E-state index contributed by atoms with van der Waals surface area (Å²) in [6.45, 7) is 3.85. The lowest BCUT2D eigenvalue weighted by Gasteiger charge is -2.34. The van der Waals surface area contributed by atoms with Crippen LogP contribution in [0.2, 0.25) is 0 Å². The van der Waals surface area contributed by atoms with Crippen molar-refractivity contribution in [3.05, 3.63) is 0 Å². The van der Waals surface area contributed by atoms with Crippen molar-refractivity contribution in [1.29, 1.82) is 5.26 Å². The molecule has 0 saturated carbocycles. The SMILES string of the molecule is CC1CN(CC#N)CC(CO)O1. The number of nitriles is 1. The number of ether oxygens (including phenoxy) is 1. The summed E-state index contributed by atoms with van der Waals surface area (Å²) in [5, 5.41) is 17.3. The number of nitrogens with zero attached hydrogens (tertiary/aromatic N) is 2. The normalized spacial score (nSPS) is 31.4. The van der Waals surface area contributed by atoms with E-state index in [4.69, 9.17) is 15.1 Å². The summed E-state index contributed by atoms with van der Waals surface area (Å²) >= 11 is 0. The van der Waals surface area contributed by atoms with Crippen LogP contribution in [0.5, 0.6) is 0 Å². The van der Waals surface area contributed by atoms with E-state index in [1.807, 2.05) is 11.8 Å². The first-order valence-corrected chi connectivity index (χ1v) is 4.12. The minimum atomic E-state index is -0.123. The molecule has 4 nitrogen and oxygen atoms in total. The molecule has 2 unspecified atom stereocenters. The van der Waals surface area contributed by atoms with Gasteiger partial charge in [0, 0.05) is 13.1 Å². The van der Waals surface area contributed by atoms with E-state index in [9.17, 15) is 0 Å². The molecule has 1 rings (SSSR count). The second-order valence-corrected chi connectivity index (χ2v) is 3.10. The molecule has 1 N–H and O–H groups in total. The highest BCUT2D eigenvalue weighted by Crippen LogP contribution is 2.09. The predicted molar refractivity (Wildman–Crippen MR) is 43.5 cm³/mol. The average Bonchev–Trinajstić information content (AvgIpc) is 2.04. The Labute approximate surface area is 72.3 Å². The molecule has 4 heteroatoms. The van der Waals surface area contributed by atoms with Gasteiger partial charge >= 0.3 is 0 Å². The van der Waals surface area contributed by atoms with Crippen LogP contribution in [0, 0.1) is 11.3 Å². The number of aliphatic hydroxyl groups is 1. The molecule has 1 fully saturated rings. The Kier molecular flexibility index (Phi) is 3.48. The summed E-state index contributed by atoms with van der Waals surface area (Å²) in [4.78, 5) is 2.00. The summed E-state index contributed by atoms with van der Waals surface area (Å²) in [6.07, 6.45) is -0.00801. The molecule has 0 aliphatic carbocycles. The standard InChI is InChI=1S/C8H14N2O2/c1-7-4-10(3-2-9)5-8(6-11)12-7/h7-8,11H,3-6H2,1H3. The first kappa shape index (κ1) is 9.46. The van der Waals surface area contributed by atoms with Gasteiger partial charge in [0.25, 0.3) is 0 Å². The van der Waals surface area contributed by atoms with E-state index in [2.05, 4.69) is 6.07 Å². The molecule has 0 aromatic rings. The maximum absolute atomic E-state index is 8.86. The number of hydrogen-bond acceptors (Lipinski definition) is 4. The molecular formula is C8H14N2O2. The molecule has 0 spiro atoms. The molecule has 1 heterocycles. The fraction of sp³-hybridized carbons (Fsp3) is 0.875. The Hall–Kier alpha value is -0.630. The van der Waals surface area contributed by atoms with Crippen molar-refractivity contribution in [3.63, 3.8) is 0 Å². The minimum absolute atomic E-state index is 0.0340. The highest BCUT2D eigenvalue weighted by Gasteiger charge is 2.23. The van der Waals surface area contributed by atoms with Crippen LogP contribution in [-0.4, -0.2) is 48.5 Å². The third-order valence-corrected chi connectivity index (χ3v) is 1.90. The van der Waals surface area contributed by atoms with Gasteiger partial charge in [0.05, 0.1) is 31.4 Å². The molecule has 12 heavy (non-hydrogen) atoms. The monoisotopic (exact) mass is 170 g/mol. The average molecular weight is 170 g/mol. The molecule has 0 bridgehead atoms. The zero-order valence-corrected chi connectivity index (χ0v) is 7.23. The summed E-state index contributed by atoms with van der Waals surface area (Å²) < 4.78 is 5.41. The van der Waals surface area contributed by atoms with Gasteiger partial charge in [-0.2, -0.15) is 5.26 Å². The maximum Gasteiger partial charge on any atom is 0.0936 e. The van der Waals surface area contributed by atoms with Gasteiger partial charge in [-0.25, -0.2) is 0 Å². The summed E-state index contributed by atoms with van der Waals surface area (Å²) in [5.74, 6) is 0. The minimum Gasteiger partial charge on any atom is -0.394 e. The lowest BCUT2D eigenvalue weighted by molar-refractivity contribution is -0.0920. The van der Waals surface area contributed by atoms with E-state index in [1.165, 1.54) is 0 Å². The molecule has 68 valence electrons. The van der Waals surface area contributed by atoms with E-state index in [0.717, 1.165) is 6.54 Å². The van der Waals surface area contributed by atoms with Crippen molar-refractivity contribution in [2.75, 3.05) is 26.2 Å². The molecule has 0 aromatic heterocycles. The lowest BCUT2D eigenvalue weighted by Crippen LogP contribution is -2.47. The van der Waals surface area contributed by atoms with Crippen molar-refractivity contribution in [3.8, 4) is 6.07 Å². The molecule has 0 amide bonds. The number of morpholine rings is 1. The van der Waals surface area contributed by atoms with E-state index in [1.54, 1.807) is 0 Å². The van der Waals surface area contributed by atoms with Gasteiger partial charge in [-0.1, -0.05) is 0 Å². The first-order valence-electron chi connectivity index (χ1n) is 4.12. The third kappa shape index (κ3) is 2.45. The Bertz CT molecular complexity index is 178. The largest absolute Gasteiger partial charge is 0.394 e. The summed E-state index contributed by atoms with van der Waals surface area (Å²) in [5.41, 5.74) is 0. The smallest absolute Gasteiger partial charge is 0.0936 e. The fourth-order valence-corrected chi connectivity index (χ4v) is 1.47. The van der Waals surface area contributed by atoms with E-state index < -0.39 is 0 Å². The van der Waals surface area contributed by atoms with Crippen LogP contribution in [0.1, 0.15) is 6.92 Å². The van der Waals surface area contributed by atoms with E-state index >= 15 is 0 Å². The summed E-state index contributed by atoms with van der Waals surface area (Å²) in [6, 6.07) is 2.09. The number of hydrogen-bond donors (Lipinski definition) is 1. The summed E-state index contributed by atoms with van der Waals surface area (Å²) in [7, 11) is 0. The highest BCUT2D eigenvalue weighted by atomic mass is 16.5. The van der Waals surface area contributed by atoms with Gasteiger partial charge in [0.2, 0.25) is 0 Å². The second-order valence-electron chi connectivity index (χ2n) is 3.10. The molecule has 1 saturated heterocycles. The molecule has 2 atom stereocenters. The Balaban J connectivity index is 2.40. The number of rotatable bonds is 2. The molecule has 0 aromatic carbocycles. The predicted octanol–water partition coefficient (Wildman–Crippen LogP) is -0.408. The van der Waals surface area contributed by atoms with Crippen LogP contribution >= 0.6 is 0 Å². The van der Waals surface area contributed by atoms with E-state index in [-0.39, 0.29) is 18.8 Å². The Morgan fingerprint density at radius 1 is 1.67 bits per heavy atom. The molecular weight excluding hydrogens is 156 g/mol. The van der Waals surface area contributed by atoms with Crippen LogP contribution in [0.4, 0.5) is 0 Å². The van der Waals surface area contributed by atoms with Crippen LogP contribution < -0.4 is 0 Å². The van der Waals surface area contributed by atoms with Crippen LogP contribution in [-0.2, 0) is 4.74 Å². The Morgan fingerprint density at radius 3 is 3.00 bits per heavy atom. The lowest BCUT2D eigenvalue weighted by atomic mass is 10.2. The zero-order valence-electron chi connectivity index (χ0n) is 7.23. The van der Waals surface area contributed by atoms with Crippen molar-refractivity contribution in [1.82, 2.24) is 4.90 Å². The Morgan fingerprint density at radius 2 is 2.42 bits per heavy atom. The van der Waals surface area contributed by atoms with Crippen molar-refractivity contribution < 1.29 is 9.84 Å². The van der Waals surface area contributed by atoms with Crippen molar-refractivity contribution >= 4 is 0 Å².